The van der Waals surface area contributed by atoms with Gasteiger partial charge in [0.1, 0.15) is 11.8 Å². The van der Waals surface area contributed by atoms with Gasteiger partial charge in [-0.05, 0) is 5.56 Å². The van der Waals surface area contributed by atoms with E-state index in [1.165, 1.54) is 7.11 Å². The lowest BCUT2D eigenvalue weighted by Crippen LogP contribution is -2.29. The minimum Gasteiger partial charge on any atom is -0.468 e. The Balaban J connectivity index is 2.09. The van der Waals surface area contributed by atoms with E-state index in [1.807, 2.05) is 30.3 Å². The third kappa shape index (κ3) is 2.95. The van der Waals surface area contributed by atoms with E-state index in [0.717, 1.165) is 5.56 Å². The summed E-state index contributed by atoms with van der Waals surface area (Å²) in [7, 11) is 1.37. The first kappa shape index (κ1) is 12.3. The van der Waals surface area contributed by atoms with Crippen molar-refractivity contribution in [1.29, 1.82) is 0 Å². The molecule has 0 aliphatic rings. The Hall–Kier alpha value is -2.14. The number of hydrogen-bond acceptors (Lipinski definition) is 5. The minimum atomic E-state index is -0.513. The smallest absolute Gasteiger partial charge is 0.327 e. The van der Waals surface area contributed by atoms with Crippen LogP contribution in [0.1, 0.15) is 17.4 Å². The molecule has 0 bridgehead atoms. The number of esters is 1. The molecule has 0 fully saturated rings. The maximum Gasteiger partial charge on any atom is 0.327 e. The number of rotatable bonds is 5. The zero-order chi connectivity index (χ0) is 12.8. The molecular formula is C13H14N2O3. The molecule has 94 valence electrons. The fourth-order valence-electron chi connectivity index (χ4n) is 1.64. The van der Waals surface area contributed by atoms with Gasteiger partial charge in [0.2, 0.25) is 0 Å². The van der Waals surface area contributed by atoms with E-state index in [1.54, 1.807) is 12.3 Å². The fraction of sp³-hybridized carbons (Fsp3) is 0.231. The highest BCUT2D eigenvalue weighted by Crippen LogP contribution is 2.14. The first-order chi connectivity index (χ1) is 8.81. The summed E-state index contributed by atoms with van der Waals surface area (Å²) in [6, 6.07) is 10.6. The molecule has 1 unspecified atom stereocenters. The molecule has 0 amide bonds. The number of ether oxygens (including phenoxy) is 1. The fourth-order valence-corrected chi connectivity index (χ4v) is 1.64. The standard InChI is InChI=1S/C13H14N2O3/c1-17-13(16)12(10-5-3-2-4-6-10)14-9-11-7-8-15-18-11/h2-8,12,14H,9H2,1H3. The zero-order valence-corrected chi connectivity index (χ0v) is 10.00. The lowest BCUT2D eigenvalue weighted by atomic mass is 10.1. The Morgan fingerprint density at radius 3 is 2.78 bits per heavy atom. The third-order valence-corrected chi connectivity index (χ3v) is 2.54. The highest BCUT2D eigenvalue weighted by Gasteiger charge is 2.20. The van der Waals surface area contributed by atoms with Gasteiger partial charge < -0.3 is 9.26 Å². The Kier molecular flexibility index (Phi) is 4.09. The van der Waals surface area contributed by atoms with E-state index in [4.69, 9.17) is 9.26 Å². The van der Waals surface area contributed by atoms with E-state index in [2.05, 4.69) is 10.5 Å². The van der Waals surface area contributed by atoms with Gasteiger partial charge in [0.15, 0.2) is 0 Å². The molecule has 0 aliphatic heterocycles. The molecule has 0 saturated carbocycles. The second-order valence-electron chi connectivity index (χ2n) is 3.73. The van der Waals surface area contributed by atoms with Crippen molar-refractivity contribution in [2.45, 2.75) is 12.6 Å². The zero-order valence-electron chi connectivity index (χ0n) is 10.00. The van der Waals surface area contributed by atoms with Crippen LogP contribution in [-0.4, -0.2) is 18.2 Å². The van der Waals surface area contributed by atoms with Crippen LogP contribution in [0.15, 0.2) is 47.1 Å². The molecule has 5 nitrogen and oxygen atoms in total. The van der Waals surface area contributed by atoms with Gasteiger partial charge in [-0.15, -0.1) is 0 Å². The van der Waals surface area contributed by atoms with E-state index in [0.29, 0.717) is 12.3 Å². The second kappa shape index (κ2) is 5.97. The molecule has 0 aliphatic carbocycles. The Bertz CT molecular complexity index is 482. The van der Waals surface area contributed by atoms with E-state index < -0.39 is 6.04 Å². The molecule has 1 heterocycles. The molecule has 0 saturated heterocycles. The van der Waals surface area contributed by atoms with Gasteiger partial charge in [0.25, 0.3) is 0 Å². The maximum atomic E-state index is 11.7. The molecule has 18 heavy (non-hydrogen) atoms. The van der Waals surface area contributed by atoms with Crippen LogP contribution in [-0.2, 0) is 16.1 Å². The number of nitrogens with zero attached hydrogens (tertiary/aromatic N) is 1. The SMILES string of the molecule is COC(=O)C(NCc1ccno1)c1ccccc1. The van der Waals surface area contributed by atoms with Crippen molar-refractivity contribution in [2.75, 3.05) is 7.11 Å². The van der Waals surface area contributed by atoms with Crippen molar-refractivity contribution < 1.29 is 14.1 Å². The van der Waals surface area contributed by atoms with Crippen molar-refractivity contribution in [3.63, 3.8) is 0 Å². The van der Waals surface area contributed by atoms with Crippen molar-refractivity contribution in [3.8, 4) is 0 Å². The van der Waals surface area contributed by atoms with Crippen LogP contribution in [0.3, 0.4) is 0 Å². The molecule has 5 heteroatoms. The summed E-state index contributed by atoms with van der Waals surface area (Å²) in [5, 5.41) is 6.69. The minimum absolute atomic E-state index is 0.333. The summed E-state index contributed by atoms with van der Waals surface area (Å²) < 4.78 is 9.76. The van der Waals surface area contributed by atoms with Crippen molar-refractivity contribution in [1.82, 2.24) is 10.5 Å². The van der Waals surface area contributed by atoms with Crippen LogP contribution >= 0.6 is 0 Å². The van der Waals surface area contributed by atoms with Crippen LogP contribution in [0.4, 0.5) is 0 Å². The van der Waals surface area contributed by atoms with E-state index in [-0.39, 0.29) is 5.97 Å². The molecule has 0 radical (unpaired) electrons. The van der Waals surface area contributed by atoms with Crippen molar-refractivity contribution in [3.05, 3.63) is 53.9 Å². The molecule has 1 aromatic carbocycles. The summed E-state index contributed by atoms with van der Waals surface area (Å²) in [6.07, 6.45) is 1.56. The van der Waals surface area contributed by atoms with Gasteiger partial charge in [-0.2, -0.15) is 0 Å². The summed E-state index contributed by atoms with van der Waals surface area (Å²) in [4.78, 5) is 11.7. The average molecular weight is 246 g/mol. The van der Waals surface area contributed by atoms with Gasteiger partial charge in [0, 0.05) is 6.07 Å². The Labute approximate surface area is 105 Å². The molecule has 0 spiro atoms. The monoisotopic (exact) mass is 246 g/mol. The highest BCUT2D eigenvalue weighted by molar-refractivity contribution is 5.77. The lowest BCUT2D eigenvalue weighted by Gasteiger charge is -2.15. The van der Waals surface area contributed by atoms with Crippen LogP contribution in [0.25, 0.3) is 0 Å². The predicted molar refractivity (Wildman–Crippen MR) is 64.5 cm³/mol. The molecule has 2 rings (SSSR count). The summed E-state index contributed by atoms with van der Waals surface area (Å²) in [5.74, 6) is 0.334. The molecule has 2 aromatic rings. The number of carbonyl (C=O) groups excluding carboxylic acids is 1. The first-order valence-electron chi connectivity index (χ1n) is 5.57. The van der Waals surface area contributed by atoms with Gasteiger partial charge in [-0.1, -0.05) is 35.5 Å². The van der Waals surface area contributed by atoms with Crippen molar-refractivity contribution >= 4 is 5.97 Å². The number of carbonyl (C=O) groups is 1. The number of benzene rings is 1. The number of methoxy groups -OCH3 is 1. The lowest BCUT2D eigenvalue weighted by molar-refractivity contribution is -0.143. The topological polar surface area (TPSA) is 64.4 Å². The molecule has 1 N–H and O–H groups in total. The quantitative estimate of drug-likeness (QED) is 0.813. The van der Waals surface area contributed by atoms with Crippen LogP contribution in [0, 0.1) is 0 Å². The van der Waals surface area contributed by atoms with Crippen LogP contribution in [0.5, 0.6) is 0 Å². The van der Waals surface area contributed by atoms with E-state index >= 15 is 0 Å². The largest absolute Gasteiger partial charge is 0.468 e. The van der Waals surface area contributed by atoms with Crippen molar-refractivity contribution in [2.24, 2.45) is 0 Å². The number of aromatic nitrogens is 1. The van der Waals surface area contributed by atoms with Gasteiger partial charge in [-0.25, -0.2) is 4.79 Å². The van der Waals surface area contributed by atoms with Crippen LogP contribution in [0.2, 0.25) is 0 Å². The van der Waals surface area contributed by atoms with E-state index in [9.17, 15) is 4.79 Å². The predicted octanol–water partition coefficient (Wildman–Crippen LogP) is 1.68. The normalized spacial score (nSPS) is 12.1. The molecule has 1 aromatic heterocycles. The second-order valence-corrected chi connectivity index (χ2v) is 3.73. The van der Waals surface area contributed by atoms with Gasteiger partial charge >= 0.3 is 5.97 Å². The first-order valence-corrected chi connectivity index (χ1v) is 5.57. The Morgan fingerprint density at radius 1 is 1.39 bits per heavy atom. The van der Waals surface area contributed by atoms with Gasteiger partial charge in [0.05, 0.1) is 19.9 Å². The highest BCUT2D eigenvalue weighted by atomic mass is 16.5. The molecular weight excluding hydrogens is 232 g/mol. The maximum absolute atomic E-state index is 11.7. The number of nitrogens with one attached hydrogen (secondary N) is 1. The third-order valence-electron chi connectivity index (χ3n) is 2.54. The summed E-state index contributed by atoms with van der Waals surface area (Å²) >= 11 is 0. The summed E-state index contributed by atoms with van der Waals surface area (Å²) in [5.41, 5.74) is 0.851. The van der Waals surface area contributed by atoms with Gasteiger partial charge in [-0.3, -0.25) is 5.32 Å². The van der Waals surface area contributed by atoms with Crippen LogP contribution < -0.4 is 5.32 Å². The summed E-state index contributed by atoms with van der Waals surface area (Å²) in [6.45, 7) is 0.411. The molecule has 1 atom stereocenters. The average Bonchev–Trinajstić information content (AvgIpc) is 2.93. The Morgan fingerprint density at radius 2 is 2.17 bits per heavy atom. The number of hydrogen-bond donors (Lipinski definition) is 1.